The Labute approximate surface area is 84.1 Å². The fraction of sp³-hybridized carbons (Fsp3) is 0.625. The van der Waals surface area contributed by atoms with Crippen LogP contribution < -0.4 is 10.5 Å². The number of carbonyl (C=O) groups is 1. The molecule has 0 bridgehead atoms. The number of sulfonamides is 1. The number of nitrogens with two attached hydrogens (primary N) is 1. The molecule has 0 spiro atoms. The molecule has 0 aromatic carbocycles. The number of amides is 1. The normalized spacial score (nSPS) is 12.9. The van der Waals surface area contributed by atoms with Crippen LogP contribution in [-0.4, -0.2) is 26.1 Å². The summed E-state index contributed by atoms with van der Waals surface area (Å²) in [6, 6.07) is -0.966. The summed E-state index contributed by atoms with van der Waals surface area (Å²) in [5, 5.41) is 0. The lowest BCUT2D eigenvalue weighted by Crippen LogP contribution is -2.43. The first-order valence-corrected chi connectivity index (χ1v) is 5.81. The Bertz CT molecular complexity index is 329. The van der Waals surface area contributed by atoms with Crippen LogP contribution in [-0.2, 0) is 14.8 Å². The van der Waals surface area contributed by atoms with Crippen LogP contribution in [0.25, 0.3) is 0 Å². The van der Waals surface area contributed by atoms with E-state index < -0.39 is 22.0 Å². The topological polar surface area (TPSA) is 89.3 Å². The van der Waals surface area contributed by atoms with E-state index >= 15 is 0 Å². The van der Waals surface area contributed by atoms with Crippen LogP contribution in [0.2, 0.25) is 0 Å². The van der Waals surface area contributed by atoms with Gasteiger partial charge in [-0.2, -0.15) is 0 Å². The van der Waals surface area contributed by atoms with Gasteiger partial charge in [0.2, 0.25) is 10.0 Å². The zero-order valence-electron chi connectivity index (χ0n) is 7.99. The van der Waals surface area contributed by atoms with Gasteiger partial charge in [-0.15, -0.1) is 12.3 Å². The van der Waals surface area contributed by atoms with Gasteiger partial charge in [0.15, 0.2) is 0 Å². The van der Waals surface area contributed by atoms with E-state index in [-0.39, 0.29) is 12.2 Å². The van der Waals surface area contributed by atoms with Crippen LogP contribution in [0.4, 0.5) is 0 Å². The van der Waals surface area contributed by atoms with Gasteiger partial charge >= 0.3 is 0 Å². The number of hydrogen-bond donors (Lipinski definition) is 2. The lowest BCUT2D eigenvalue weighted by atomic mass is 10.2. The summed E-state index contributed by atoms with van der Waals surface area (Å²) < 4.78 is 24.1. The minimum absolute atomic E-state index is 0.0213. The molecular formula is C8H14N2O3S. The second-order valence-electron chi connectivity index (χ2n) is 2.80. The van der Waals surface area contributed by atoms with Crippen molar-refractivity contribution in [2.75, 3.05) is 5.75 Å². The average Bonchev–Trinajstić information content (AvgIpc) is 2.03. The van der Waals surface area contributed by atoms with E-state index in [2.05, 4.69) is 5.92 Å². The highest BCUT2D eigenvalue weighted by atomic mass is 32.2. The molecule has 0 heterocycles. The van der Waals surface area contributed by atoms with E-state index in [0.717, 1.165) is 0 Å². The van der Waals surface area contributed by atoms with Crippen molar-refractivity contribution in [1.82, 2.24) is 4.72 Å². The predicted octanol–water partition coefficient (Wildman–Crippen LogP) is -0.807. The number of nitrogens with one attached hydrogen (secondary N) is 1. The molecular weight excluding hydrogens is 204 g/mol. The molecule has 5 nitrogen and oxygen atoms in total. The molecule has 0 saturated carbocycles. The van der Waals surface area contributed by atoms with Crippen molar-refractivity contribution >= 4 is 15.9 Å². The SMILES string of the molecule is C#CCC(N)C(=O)NS(=O)(=O)CCC. The van der Waals surface area contributed by atoms with Gasteiger partial charge in [0.25, 0.3) is 5.91 Å². The Morgan fingerprint density at radius 2 is 2.21 bits per heavy atom. The van der Waals surface area contributed by atoms with Gasteiger partial charge in [-0.25, -0.2) is 8.42 Å². The minimum Gasteiger partial charge on any atom is -0.319 e. The Hall–Kier alpha value is -1.06. The zero-order valence-corrected chi connectivity index (χ0v) is 8.80. The van der Waals surface area contributed by atoms with Crippen molar-refractivity contribution in [1.29, 1.82) is 0 Å². The molecule has 0 aromatic heterocycles. The van der Waals surface area contributed by atoms with Gasteiger partial charge in [0.05, 0.1) is 11.8 Å². The van der Waals surface area contributed by atoms with Crippen molar-refractivity contribution in [3.63, 3.8) is 0 Å². The zero-order chi connectivity index (χ0) is 11.2. The lowest BCUT2D eigenvalue weighted by Gasteiger charge is -2.09. The van der Waals surface area contributed by atoms with Gasteiger partial charge in [0, 0.05) is 6.42 Å². The largest absolute Gasteiger partial charge is 0.319 e. The lowest BCUT2D eigenvalue weighted by molar-refractivity contribution is -0.120. The van der Waals surface area contributed by atoms with Crippen molar-refractivity contribution in [3.05, 3.63) is 0 Å². The first-order chi connectivity index (χ1) is 6.43. The van der Waals surface area contributed by atoms with Crippen LogP contribution in [0.3, 0.4) is 0 Å². The predicted molar refractivity (Wildman–Crippen MR) is 53.6 cm³/mol. The number of hydrogen-bond acceptors (Lipinski definition) is 4. The maximum atomic E-state index is 11.1. The first kappa shape index (κ1) is 12.9. The molecule has 0 aliphatic rings. The van der Waals surface area contributed by atoms with Gasteiger partial charge in [-0.3, -0.25) is 9.52 Å². The maximum Gasteiger partial charge on any atom is 0.251 e. The molecule has 0 rings (SSSR count). The van der Waals surface area contributed by atoms with Crippen LogP contribution in [0.15, 0.2) is 0 Å². The first-order valence-electron chi connectivity index (χ1n) is 4.16. The van der Waals surface area contributed by atoms with Crippen LogP contribution >= 0.6 is 0 Å². The summed E-state index contributed by atoms with van der Waals surface area (Å²) >= 11 is 0. The highest BCUT2D eigenvalue weighted by Crippen LogP contribution is 1.92. The van der Waals surface area contributed by atoms with Gasteiger partial charge < -0.3 is 5.73 Å². The Kier molecular flexibility index (Phi) is 5.20. The van der Waals surface area contributed by atoms with Crippen LogP contribution in [0.5, 0.6) is 0 Å². The van der Waals surface area contributed by atoms with E-state index in [4.69, 9.17) is 12.2 Å². The molecule has 80 valence electrons. The van der Waals surface area contributed by atoms with E-state index in [1.54, 1.807) is 6.92 Å². The van der Waals surface area contributed by atoms with E-state index in [1.165, 1.54) is 0 Å². The fourth-order valence-electron chi connectivity index (χ4n) is 0.768. The molecule has 0 fully saturated rings. The molecule has 6 heteroatoms. The average molecular weight is 218 g/mol. The standard InChI is InChI=1S/C8H14N2O3S/c1-3-5-7(9)8(11)10-14(12,13)6-4-2/h1,7H,4-6,9H2,2H3,(H,10,11). The Morgan fingerprint density at radius 3 is 2.64 bits per heavy atom. The molecule has 1 atom stereocenters. The van der Waals surface area contributed by atoms with Crippen LogP contribution in [0.1, 0.15) is 19.8 Å². The van der Waals surface area contributed by atoms with Gasteiger partial charge in [0.1, 0.15) is 0 Å². The summed E-state index contributed by atoms with van der Waals surface area (Å²) in [5.74, 6) is 1.34. The van der Waals surface area contributed by atoms with Crippen molar-refractivity contribution < 1.29 is 13.2 Å². The van der Waals surface area contributed by atoms with Crippen molar-refractivity contribution in [3.8, 4) is 12.3 Å². The summed E-state index contributed by atoms with van der Waals surface area (Å²) in [4.78, 5) is 11.1. The third-order valence-corrected chi connectivity index (χ3v) is 2.86. The monoisotopic (exact) mass is 218 g/mol. The number of rotatable bonds is 5. The highest BCUT2D eigenvalue weighted by molar-refractivity contribution is 7.90. The molecule has 3 N–H and O–H groups in total. The Morgan fingerprint density at radius 1 is 1.64 bits per heavy atom. The van der Waals surface area contributed by atoms with Crippen molar-refractivity contribution in [2.24, 2.45) is 5.73 Å². The Balaban J connectivity index is 4.27. The van der Waals surface area contributed by atoms with E-state index in [9.17, 15) is 13.2 Å². The molecule has 0 aliphatic carbocycles. The summed E-state index contributed by atoms with van der Waals surface area (Å²) in [7, 11) is -3.54. The van der Waals surface area contributed by atoms with Gasteiger partial charge in [-0.1, -0.05) is 6.92 Å². The minimum atomic E-state index is -3.54. The molecule has 0 aromatic rings. The third kappa shape index (κ3) is 4.84. The summed E-state index contributed by atoms with van der Waals surface area (Å²) in [6.07, 6.45) is 5.39. The quantitative estimate of drug-likeness (QED) is 0.591. The smallest absolute Gasteiger partial charge is 0.251 e. The molecule has 1 unspecified atom stereocenters. The van der Waals surface area contributed by atoms with Crippen molar-refractivity contribution in [2.45, 2.75) is 25.8 Å². The maximum absolute atomic E-state index is 11.1. The second kappa shape index (κ2) is 5.62. The molecule has 1 amide bonds. The second-order valence-corrected chi connectivity index (χ2v) is 4.64. The molecule has 14 heavy (non-hydrogen) atoms. The fourth-order valence-corrected chi connectivity index (χ4v) is 1.87. The molecule has 0 saturated heterocycles. The van der Waals surface area contributed by atoms with Gasteiger partial charge in [-0.05, 0) is 6.42 Å². The molecule has 0 aliphatic heterocycles. The number of carbonyl (C=O) groups excluding carboxylic acids is 1. The highest BCUT2D eigenvalue weighted by Gasteiger charge is 2.18. The van der Waals surface area contributed by atoms with Crippen LogP contribution in [0, 0.1) is 12.3 Å². The van der Waals surface area contributed by atoms with E-state index in [1.807, 2.05) is 4.72 Å². The summed E-state index contributed by atoms with van der Waals surface area (Å²) in [5.41, 5.74) is 5.31. The third-order valence-electron chi connectivity index (χ3n) is 1.40. The number of terminal acetylenes is 1. The summed E-state index contributed by atoms with van der Waals surface area (Å²) in [6.45, 7) is 1.70. The van der Waals surface area contributed by atoms with E-state index in [0.29, 0.717) is 6.42 Å². The molecule has 0 radical (unpaired) electrons.